The first-order chi connectivity index (χ1) is 11.8. The van der Waals surface area contributed by atoms with Gasteiger partial charge < -0.3 is 9.64 Å². The predicted molar refractivity (Wildman–Crippen MR) is 96.0 cm³/mol. The van der Waals surface area contributed by atoms with Crippen molar-refractivity contribution in [3.63, 3.8) is 0 Å². The van der Waals surface area contributed by atoms with Gasteiger partial charge in [-0.15, -0.1) is 0 Å². The molecule has 3 rings (SSSR count). The molecule has 0 saturated heterocycles. The number of rotatable bonds is 5. The molecular formula is C16H20N6O2S. The molecule has 0 fully saturated rings. The summed E-state index contributed by atoms with van der Waals surface area (Å²) in [6.45, 7) is 0. The first-order valence-electron chi connectivity index (χ1n) is 7.58. The van der Waals surface area contributed by atoms with E-state index in [2.05, 4.69) is 15.1 Å². The van der Waals surface area contributed by atoms with Gasteiger partial charge in [-0.1, -0.05) is 12.1 Å². The molecule has 2 heterocycles. The van der Waals surface area contributed by atoms with Crippen molar-refractivity contribution in [2.75, 3.05) is 32.4 Å². The van der Waals surface area contributed by atoms with E-state index < -0.39 is 9.73 Å². The Kier molecular flexibility index (Phi) is 4.34. The van der Waals surface area contributed by atoms with E-state index in [-0.39, 0.29) is 0 Å². The second-order valence-corrected chi connectivity index (χ2v) is 8.11. The molecule has 1 atom stereocenters. The average molecular weight is 360 g/mol. The fraction of sp³-hybridized carbons (Fsp3) is 0.312. The van der Waals surface area contributed by atoms with Gasteiger partial charge in [0.25, 0.3) is 5.78 Å². The van der Waals surface area contributed by atoms with Crippen LogP contribution in [-0.4, -0.2) is 51.3 Å². The summed E-state index contributed by atoms with van der Waals surface area (Å²) < 4.78 is 26.6. The zero-order valence-electron chi connectivity index (χ0n) is 14.6. The fourth-order valence-electron chi connectivity index (χ4n) is 2.70. The van der Waals surface area contributed by atoms with Crippen LogP contribution in [0.1, 0.15) is 11.1 Å². The molecule has 0 amide bonds. The van der Waals surface area contributed by atoms with Gasteiger partial charge in [0, 0.05) is 31.7 Å². The number of hydrogen-bond acceptors (Lipinski definition) is 7. The molecule has 0 aliphatic heterocycles. The minimum Gasteiger partial charge on any atom is -0.481 e. The Morgan fingerprint density at radius 1 is 1.28 bits per heavy atom. The number of benzene rings is 1. The Balaban J connectivity index is 2.10. The van der Waals surface area contributed by atoms with Crippen LogP contribution in [0.3, 0.4) is 0 Å². The second-order valence-electron chi connectivity index (χ2n) is 5.95. The number of aromatic nitrogens is 4. The number of fused-ring (bicyclic) bond motifs is 1. The molecule has 25 heavy (non-hydrogen) atoms. The molecule has 1 aromatic carbocycles. The highest BCUT2D eigenvalue weighted by molar-refractivity contribution is 7.91. The van der Waals surface area contributed by atoms with E-state index in [1.165, 1.54) is 12.6 Å². The smallest absolute Gasteiger partial charge is 0.257 e. The molecule has 2 aromatic heterocycles. The van der Waals surface area contributed by atoms with Crippen LogP contribution < -0.4 is 9.64 Å². The van der Waals surface area contributed by atoms with Gasteiger partial charge in [-0.3, -0.25) is 0 Å². The van der Waals surface area contributed by atoms with E-state index in [0.717, 1.165) is 16.9 Å². The molecule has 9 heteroatoms. The van der Waals surface area contributed by atoms with Crippen LogP contribution in [0, 0.1) is 4.78 Å². The second kappa shape index (κ2) is 6.32. The summed E-state index contributed by atoms with van der Waals surface area (Å²) in [6, 6.07) is 7.21. The molecule has 0 bridgehead atoms. The Morgan fingerprint density at radius 2 is 1.96 bits per heavy atom. The average Bonchev–Trinajstić information content (AvgIpc) is 3.01. The van der Waals surface area contributed by atoms with Gasteiger partial charge in [-0.05, 0) is 17.7 Å². The molecule has 0 aliphatic carbocycles. The Bertz CT molecular complexity index is 1010. The molecular weight excluding hydrogens is 340 g/mol. The van der Waals surface area contributed by atoms with Crippen LogP contribution in [-0.2, 0) is 16.1 Å². The van der Waals surface area contributed by atoms with Crippen LogP contribution in [0.5, 0.6) is 5.88 Å². The number of hydrogen-bond donors (Lipinski definition) is 1. The van der Waals surface area contributed by atoms with Crippen LogP contribution in [0.2, 0.25) is 0 Å². The highest BCUT2D eigenvalue weighted by atomic mass is 32.2. The fourth-order valence-corrected chi connectivity index (χ4v) is 3.35. The van der Waals surface area contributed by atoms with Gasteiger partial charge >= 0.3 is 0 Å². The monoisotopic (exact) mass is 360 g/mol. The largest absolute Gasteiger partial charge is 0.481 e. The first-order valence-corrected chi connectivity index (χ1v) is 9.54. The minimum absolute atomic E-state index is 0.472. The highest BCUT2D eigenvalue weighted by Gasteiger charge is 2.19. The van der Waals surface area contributed by atoms with E-state index in [0.29, 0.717) is 23.0 Å². The molecule has 3 aromatic rings. The van der Waals surface area contributed by atoms with E-state index in [1.54, 1.807) is 23.8 Å². The van der Waals surface area contributed by atoms with Crippen molar-refractivity contribution in [3.8, 4) is 5.88 Å². The lowest BCUT2D eigenvalue weighted by atomic mass is 10.1. The lowest BCUT2D eigenvalue weighted by molar-refractivity contribution is 0.393. The SMILES string of the molecule is COc1nc2ncnn2c(N(C)C)c1Cc1ccc([S@@](C)(=N)=O)cc1. The van der Waals surface area contributed by atoms with Crippen molar-refractivity contribution in [2.45, 2.75) is 11.3 Å². The lowest BCUT2D eigenvalue weighted by Crippen LogP contribution is -2.18. The van der Waals surface area contributed by atoms with E-state index in [1.807, 2.05) is 31.1 Å². The summed E-state index contributed by atoms with van der Waals surface area (Å²) in [5.41, 5.74) is 1.87. The van der Waals surface area contributed by atoms with Gasteiger partial charge in [0.1, 0.15) is 12.1 Å². The van der Waals surface area contributed by atoms with Crippen molar-refractivity contribution < 1.29 is 8.95 Å². The molecule has 0 unspecified atom stereocenters. The molecule has 8 nitrogen and oxygen atoms in total. The zero-order valence-corrected chi connectivity index (χ0v) is 15.4. The Hall–Kier alpha value is -2.68. The summed E-state index contributed by atoms with van der Waals surface area (Å²) in [4.78, 5) is 11.0. The molecule has 0 spiro atoms. The van der Waals surface area contributed by atoms with Crippen molar-refractivity contribution in [1.29, 1.82) is 4.78 Å². The maximum absolute atomic E-state index is 11.8. The normalized spacial score (nSPS) is 13.6. The first kappa shape index (κ1) is 17.2. The molecule has 0 saturated carbocycles. The van der Waals surface area contributed by atoms with Crippen LogP contribution in [0.25, 0.3) is 5.78 Å². The lowest BCUT2D eigenvalue weighted by Gasteiger charge is -2.20. The van der Waals surface area contributed by atoms with Crippen molar-refractivity contribution in [3.05, 3.63) is 41.7 Å². The summed E-state index contributed by atoms with van der Waals surface area (Å²) in [6.07, 6.45) is 3.43. The quantitative estimate of drug-likeness (QED) is 0.745. The predicted octanol–water partition coefficient (Wildman–Crippen LogP) is 1.83. The summed E-state index contributed by atoms with van der Waals surface area (Å²) in [5, 5.41) is 4.25. The maximum Gasteiger partial charge on any atom is 0.257 e. The van der Waals surface area contributed by atoms with E-state index in [9.17, 15) is 4.21 Å². The number of methoxy groups -OCH3 is 1. The number of nitrogens with zero attached hydrogens (tertiary/aromatic N) is 5. The highest BCUT2D eigenvalue weighted by Crippen LogP contribution is 2.29. The number of ether oxygens (including phenoxy) is 1. The Labute approximate surface area is 146 Å². The Morgan fingerprint density at radius 3 is 2.52 bits per heavy atom. The standard InChI is InChI=1S/C16H20N6O2S/c1-21(2)15-13(14(24-3)20-16-18-10-19-22(15)16)9-11-5-7-12(8-6-11)25(4,17)23/h5-8,10,17H,9H2,1-4H3/t25-/m0/s1. The zero-order chi connectivity index (χ0) is 18.2. The van der Waals surface area contributed by atoms with Crippen LogP contribution >= 0.6 is 0 Å². The third-order valence-corrected chi connectivity index (χ3v) is 5.00. The van der Waals surface area contributed by atoms with Gasteiger partial charge in [-0.25, -0.2) is 8.99 Å². The van der Waals surface area contributed by atoms with Gasteiger partial charge in [0.15, 0.2) is 0 Å². The summed E-state index contributed by atoms with van der Waals surface area (Å²) >= 11 is 0. The third-order valence-electron chi connectivity index (χ3n) is 3.83. The van der Waals surface area contributed by atoms with Gasteiger partial charge in [0.2, 0.25) is 5.88 Å². The number of anilines is 1. The van der Waals surface area contributed by atoms with Gasteiger partial charge in [0.05, 0.1) is 22.4 Å². The molecule has 0 radical (unpaired) electrons. The molecule has 132 valence electrons. The van der Waals surface area contributed by atoms with E-state index in [4.69, 9.17) is 9.52 Å². The molecule has 1 N–H and O–H groups in total. The molecule has 0 aliphatic rings. The van der Waals surface area contributed by atoms with E-state index >= 15 is 0 Å². The maximum atomic E-state index is 11.8. The minimum atomic E-state index is -2.72. The topological polar surface area (TPSA) is 96.5 Å². The van der Waals surface area contributed by atoms with Crippen molar-refractivity contribution in [2.24, 2.45) is 0 Å². The van der Waals surface area contributed by atoms with Crippen LogP contribution in [0.15, 0.2) is 35.5 Å². The third kappa shape index (κ3) is 3.27. The van der Waals surface area contributed by atoms with Crippen molar-refractivity contribution in [1.82, 2.24) is 19.6 Å². The summed E-state index contributed by atoms with van der Waals surface area (Å²) in [5.74, 6) is 1.80. The number of nitrogens with one attached hydrogen (secondary N) is 1. The van der Waals surface area contributed by atoms with Gasteiger partial charge in [-0.2, -0.15) is 19.6 Å². The van der Waals surface area contributed by atoms with Crippen LogP contribution in [0.4, 0.5) is 5.82 Å². The summed E-state index contributed by atoms with van der Waals surface area (Å²) in [7, 11) is 2.71. The van der Waals surface area contributed by atoms with Crippen molar-refractivity contribution >= 4 is 21.3 Å².